The Bertz CT molecular complexity index is 424. The Morgan fingerprint density at radius 3 is 2.42 bits per heavy atom. The van der Waals surface area contributed by atoms with Gasteiger partial charge in [-0.05, 0) is 38.8 Å². The number of pyridine rings is 1. The standard InChI is InChI=1S/C14H21ClN2O2/c1-9(2)12(11-7-6-10(15)8-16-11)17-13(18)19-14(3,4)5/h6-9,12H,1-5H3,(H,17,18)/t12-/m0/s1. The maximum atomic E-state index is 11.8. The molecule has 1 rings (SSSR count). The second-order valence-corrected chi connectivity index (χ2v) is 6.21. The van der Waals surface area contributed by atoms with Gasteiger partial charge in [0, 0.05) is 6.20 Å². The molecular formula is C14H21ClN2O2. The van der Waals surface area contributed by atoms with E-state index in [1.165, 1.54) is 0 Å². The molecule has 106 valence electrons. The van der Waals surface area contributed by atoms with Crippen LogP contribution in [0.25, 0.3) is 0 Å². The van der Waals surface area contributed by atoms with Gasteiger partial charge < -0.3 is 10.1 Å². The number of halogens is 1. The van der Waals surface area contributed by atoms with E-state index in [2.05, 4.69) is 10.3 Å². The van der Waals surface area contributed by atoms with E-state index in [1.807, 2.05) is 40.7 Å². The summed E-state index contributed by atoms with van der Waals surface area (Å²) in [6.07, 6.45) is 1.13. The Morgan fingerprint density at radius 1 is 1.37 bits per heavy atom. The molecule has 0 aliphatic heterocycles. The molecule has 1 amide bonds. The van der Waals surface area contributed by atoms with Gasteiger partial charge in [0.25, 0.3) is 0 Å². The number of ether oxygens (including phenoxy) is 1. The highest BCUT2D eigenvalue weighted by atomic mass is 35.5. The minimum Gasteiger partial charge on any atom is -0.444 e. The normalized spacial score (nSPS) is 13.2. The van der Waals surface area contributed by atoms with E-state index in [0.717, 1.165) is 5.69 Å². The molecule has 0 radical (unpaired) electrons. The van der Waals surface area contributed by atoms with E-state index in [1.54, 1.807) is 12.3 Å². The lowest BCUT2D eigenvalue weighted by Crippen LogP contribution is -2.37. The zero-order chi connectivity index (χ0) is 14.6. The maximum Gasteiger partial charge on any atom is 0.408 e. The predicted molar refractivity (Wildman–Crippen MR) is 76.2 cm³/mol. The molecular weight excluding hydrogens is 264 g/mol. The Labute approximate surface area is 119 Å². The summed E-state index contributed by atoms with van der Waals surface area (Å²) < 4.78 is 5.26. The first-order chi connectivity index (χ1) is 8.69. The number of nitrogens with zero attached hydrogens (tertiary/aromatic N) is 1. The average Bonchev–Trinajstić information content (AvgIpc) is 2.24. The summed E-state index contributed by atoms with van der Waals surface area (Å²) in [7, 11) is 0. The van der Waals surface area contributed by atoms with Gasteiger partial charge in [0.2, 0.25) is 0 Å². The Balaban J connectivity index is 2.79. The first-order valence-electron chi connectivity index (χ1n) is 6.30. The predicted octanol–water partition coefficient (Wildman–Crippen LogP) is 3.96. The topological polar surface area (TPSA) is 51.2 Å². The number of amides is 1. The number of alkyl carbamates (subject to hydrolysis) is 1. The number of aromatic nitrogens is 1. The van der Waals surface area contributed by atoms with E-state index < -0.39 is 11.7 Å². The number of rotatable bonds is 3. The van der Waals surface area contributed by atoms with Gasteiger partial charge in [-0.2, -0.15) is 0 Å². The zero-order valence-corrected chi connectivity index (χ0v) is 12.8. The van der Waals surface area contributed by atoms with Crippen molar-refractivity contribution in [1.29, 1.82) is 0 Å². The molecule has 0 fully saturated rings. The molecule has 1 N–H and O–H groups in total. The fourth-order valence-electron chi connectivity index (χ4n) is 1.59. The van der Waals surface area contributed by atoms with E-state index >= 15 is 0 Å². The summed E-state index contributed by atoms with van der Waals surface area (Å²) in [5, 5.41) is 3.41. The van der Waals surface area contributed by atoms with E-state index in [0.29, 0.717) is 5.02 Å². The second-order valence-electron chi connectivity index (χ2n) is 5.77. The van der Waals surface area contributed by atoms with Gasteiger partial charge >= 0.3 is 6.09 Å². The third kappa shape index (κ3) is 5.47. The Hall–Kier alpha value is -1.29. The minimum absolute atomic E-state index is 0.196. The third-order valence-corrected chi connectivity index (χ3v) is 2.63. The van der Waals surface area contributed by atoms with E-state index in [4.69, 9.17) is 16.3 Å². The van der Waals surface area contributed by atoms with Crippen molar-refractivity contribution in [3.8, 4) is 0 Å². The zero-order valence-electron chi connectivity index (χ0n) is 12.0. The van der Waals surface area contributed by atoms with Crippen molar-refractivity contribution in [2.75, 3.05) is 0 Å². The van der Waals surface area contributed by atoms with Crippen molar-refractivity contribution < 1.29 is 9.53 Å². The van der Waals surface area contributed by atoms with Gasteiger partial charge in [0.1, 0.15) is 5.60 Å². The number of carbonyl (C=O) groups is 1. The van der Waals surface area contributed by atoms with Crippen LogP contribution in [0.1, 0.15) is 46.4 Å². The third-order valence-electron chi connectivity index (χ3n) is 2.41. The number of hydrogen-bond donors (Lipinski definition) is 1. The van der Waals surface area contributed by atoms with Gasteiger partial charge in [-0.25, -0.2) is 4.79 Å². The summed E-state index contributed by atoms with van der Waals surface area (Å²) in [5.74, 6) is 0.196. The highest BCUT2D eigenvalue weighted by Gasteiger charge is 2.23. The molecule has 1 heterocycles. The molecule has 0 aliphatic carbocycles. The van der Waals surface area contributed by atoms with Crippen LogP contribution < -0.4 is 5.32 Å². The smallest absolute Gasteiger partial charge is 0.408 e. The maximum absolute atomic E-state index is 11.8. The second kappa shape index (κ2) is 6.24. The van der Waals surface area contributed by atoms with Crippen LogP contribution in [0.4, 0.5) is 4.79 Å². The lowest BCUT2D eigenvalue weighted by Gasteiger charge is -2.25. The van der Waals surface area contributed by atoms with Crippen LogP contribution in [0.15, 0.2) is 18.3 Å². The highest BCUT2D eigenvalue weighted by Crippen LogP contribution is 2.21. The van der Waals surface area contributed by atoms with Crippen molar-refractivity contribution >= 4 is 17.7 Å². The molecule has 0 bridgehead atoms. The van der Waals surface area contributed by atoms with Gasteiger partial charge in [-0.3, -0.25) is 4.98 Å². The lowest BCUT2D eigenvalue weighted by atomic mass is 10.0. The molecule has 0 aromatic carbocycles. The Kier molecular flexibility index (Phi) is 5.18. The van der Waals surface area contributed by atoms with Crippen LogP contribution in [0.2, 0.25) is 5.02 Å². The summed E-state index contributed by atoms with van der Waals surface area (Å²) in [6, 6.07) is 3.37. The van der Waals surface area contributed by atoms with Gasteiger partial charge in [0.15, 0.2) is 0 Å². The molecule has 0 saturated carbocycles. The minimum atomic E-state index is -0.515. The largest absolute Gasteiger partial charge is 0.444 e. The summed E-state index contributed by atoms with van der Waals surface area (Å²) >= 11 is 5.81. The van der Waals surface area contributed by atoms with Crippen LogP contribution in [-0.4, -0.2) is 16.7 Å². The van der Waals surface area contributed by atoms with E-state index in [9.17, 15) is 4.79 Å². The first-order valence-corrected chi connectivity index (χ1v) is 6.68. The van der Waals surface area contributed by atoms with Gasteiger partial charge in [-0.1, -0.05) is 25.4 Å². The van der Waals surface area contributed by atoms with Crippen LogP contribution in [0, 0.1) is 5.92 Å². The summed E-state index contributed by atoms with van der Waals surface area (Å²) in [6.45, 7) is 9.52. The summed E-state index contributed by atoms with van der Waals surface area (Å²) in [4.78, 5) is 16.1. The fraction of sp³-hybridized carbons (Fsp3) is 0.571. The Morgan fingerprint density at radius 2 is 2.00 bits per heavy atom. The summed E-state index contributed by atoms with van der Waals surface area (Å²) in [5.41, 5.74) is 0.254. The molecule has 4 nitrogen and oxygen atoms in total. The molecule has 0 aliphatic rings. The monoisotopic (exact) mass is 284 g/mol. The van der Waals surface area contributed by atoms with Crippen LogP contribution in [-0.2, 0) is 4.74 Å². The molecule has 0 saturated heterocycles. The number of hydrogen-bond acceptors (Lipinski definition) is 3. The van der Waals surface area contributed by atoms with Crippen LogP contribution in [0.5, 0.6) is 0 Å². The van der Waals surface area contributed by atoms with Crippen molar-refractivity contribution in [2.24, 2.45) is 5.92 Å². The van der Waals surface area contributed by atoms with Crippen molar-refractivity contribution in [2.45, 2.75) is 46.3 Å². The molecule has 1 aromatic heterocycles. The number of carbonyl (C=O) groups excluding carboxylic acids is 1. The van der Waals surface area contributed by atoms with Crippen molar-refractivity contribution in [3.05, 3.63) is 29.0 Å². The molecule has 0 unspecified atom stereocenters. The molecule has 0 spiro atoms. The van der Waals surface area contributed by atoms with Crippen LogP contribution >= 0.6 is 11.6 Å². The number of nitrogens with one attached hydrogen (secondary N) is 1. The average molecular weight is 285 g/mol. The molecule has 5 heteroatoms. The SMILES string of the molecule is CC(C)[C@H](NC(=O)OC(C)(C)C)c1ccc(Cl)cn1. The highest BCUT2D eigenvalue weighted by molar-refractivity contribution is 6.30. The van der Waals surface area contributed by atoms with Crippen molar-refractivity contribution in [3.63, 3.8) is 0 Å². The quantitative estimate of drug-likeness (QED) is 0.914. The van der Waals surface area contributed by atoms with Gasteiger partial charge in [-0.15, -0.1) is 0 Å². The van der Waals surface area contributed by atoms with Crippen LogP contribution in [0.3, 0.4) is 0 Å². The van der Waals surface area contributed by atoms with Crippen molar-refractivity contribution in [1.82, 2.24) is 10.3 Å². The lowest BCUT2D eigenvalue weighted by molar-refractivity contribution is 0.0488. The first kappa shape index (κ1) is 15.8. The molecule has 1 aromatic rings. The van der Waals surface area contributed by atoms with Gasteiger partial charge in [0.05, 0.1) is 16.8 Å². The molecule has 1 atom stereocenters. The van der Waals surface area contributed by atoms with E-state index in [-0.39, 0.29) is 12.0 Å². The molecule has 19 heavy (non-hydrogen) atoms. The fourth-order valence-corrected chi connectivity index (χ4v) is 1.70.